The van der Waals surface area contributed by atoms with Crippen LogP contribution >= 0.6 is 27.5 Å². The van der Waals surface area contributed by atoms with Gasteiger partial charge in [-0.1, -0.05) is 33.6 Å². The van der Waals surface area contributed by atoms with Crippen LogP contribution in [0.3, 0.4) is 0 Å². The molecule has 1 nitrogen and oxygen atoms in total. The minimum atomic E-state index is -0.410. The summed E-state index contributed by atoms with van der Waals surface area (Å²) in [5, 5.41) is 3.14. The average molecular weight is 333 g/mol. The number of hydrogen-bond acceptors (Lipinski definition) is 1. The molecule has 0 fully saturated rings. The Morgan fingerprint density at radius 2 is 1.89 bits per heavy atom. The van der Waals surface area contributed by atoms with Crippen LogP contribution in [0, 0.1) is 11.6 Å². The minimum Gasteiger partial charge on any atom is -0.378 e. The normalized spacial score (nSPS) is 10.4. The molecule has 2 rings (SSSR count). The molecule has 0 aliphatic heterocycles. The van der Waals surface area contributed by atoms with Crippen LogP contribution in [0.1, 0.15) is 5.56 Å². The molecule has 0 heterocycles. The molecule has 0 amide bonds. The van der Waals surface area contributed by atoms with E-state index in [0.717, 1.165) is 0 Å². The zero-order valence-corrected chi connectivity index (χ0v) is 11.5. The third-order valence-corrected chi connectivity index (χ3v) is 3.30. The standard InChI is InChI=1S/C13H9BrClF2N/c14-8-4-5-13(12(17)6-8)18-7-9-10(15)2-1-3-11(9)16/h1-6,18H,7H2. The van der Waals surface area contributed by atoms with E-state index in [1.165, 1.54) is 18.2 Å². The van der Waals surface area contributed by atoms with Crippen molar-refractivity contribution in [2.24, 2.45) is 0 Å². The highest BCUT2D eigenvalue weighted by Gasteiger charge is 2.08. The van der Waals surface area contributed by atoms with Crippen molar-refractivity contribution in [1.29, 1.82) is 0 Å². The van der Waals surface area contributed by atoms with Gasteiger partial charge in [0.25, 0.3) is 0 Å². The topological polar surface area (TPSA) is 12.0 Å². The van der Waals surface area contributed by atoms with Crippen LogP contribution in [-0.4, -0.2) is 0 Å². The third-order valence-electron chi connectivity index (χ3n) is 2.45. The minimum absolute atomic E-state index is 0.129. The predicted molar refractivity (Wildman–Crippen MR) is 72.8 cm³/mol. The molecule has 0 radical (unpaired) electrons. The first-order chi connectivity index (χ1) is 8.58. The van der Waals surface area contributed by atoms with Crippen LogP contribution in [0.25, 0.3) is 0 Å². The quantitative estimate of drug-likeness (QED) is 0.834. The Kier molecular flexibility index (Phi) is 4.19. The van der Waals surface area contributed by atoms with E-state index in [0.29, 0.717) is 20.7 Å². The van der Waals surface area contributed by atoms with Crippen LogP contribution in [0.2, 0.25) is 5.02 Å². The Morgan fingerprint density at radius 1 is 1.11 bits per heavy atom. The number of hydrogen-bond donors (Lipinski definition) is 1. The van der Waals surface area contributed by atoms with E-state index in [1.807, 2.05) is 0 Å². The zero-order chi connectivity index (χ0) is 13.1. The van der Waals surface area contributed by atoms with Crippen LogP contribution in [0.15, 0.2) is 40.9 Å². The molecule has 0 unspecified atom stereocenters. The fourth-order valence-corrected chi connectivity index (χ4v) is 2.08. The van der Waals surface area contributed by atoms with Crippen molar-refractivity contribution >= 4 is 33.2 Å². The van der Waals surface area contributed by atoms with Gasteiger partial charge in [0.2, 0.25) is 0 Å². The number of anilines is 1. The molecule has 0 spiro atoms. The largest absolute Gasteiger partial charge is 0.378 e. The van der Waals surface area contributed by atoms with Gasteiger partial charge in [-0.2, -0.15) is 0 Å². The molecule has 5 heteroatoms. The summed E-state index contributed by atoms with van der Waals surface area (Å²) in [6.07, 6.45) is 0. The highest BCUT2D eigenvalue weighted by Crippen LogP contribution is 2.23. The van der Waals surface area contributed by atoms with E-state index in [4.69, 9.17) is 11.6 Å². The van der Waals surface area contributed by atoms with Gasteiger partial charge >= 0.3 is 0 Å². The molecule has 0 aliphatic carbocycles. The van der Waals surface area contributed by atoms with Crippen molar-refractivity contribution in [1.82, 2.24) is 0 Å². The maximum Gasteiger partial charge on any atom is 0.147 e. The molecule has 0 saturated heterocycles. The lowest BCUT2D eigenvalue weighted by Crippen LogP contribution is -2.04. The van der Waals surface area contributed by atoms with E-state index in [2.05, 4.69) is 21.2 Å². The van der Waals surface area contributed by atoms with Gasteiger partial charge < -0.3 is 5.32 Å². The monoisotopic (exact) mass is 331 g/mol. The SMILES string of the molecule is Fc1cc(Br)ccc1NCc1c(F)cccc1Cl. The summed E-state index contributed by atoms with van der Waals surface area (Å²) >= 11 is 9.05. The molecule has 1 N–H and O–H groups in total. The maximum absolute atomic E-state index is 13.5. The van der Waals surface area contributed by atoms with Crippen LogP contribution in [0.4, 0.5) is 14.5 Å². The third kappa shape index (κ3) is 3.00. The summed E-state index contributed by atoms with van der Waals surface area (Å²) in [5.74, 6) is -0.815. The smallest absolute Gasteiger partial charge is 0.147 e. The highest BCUT2D eigenvalue weighted by molar-refractivity contribution is 9.10. The average Bonchev–Trinajstić information content (AvgIpc) is 2.31. The molecule has 0 atom stereocenters. The molecule has 0 saturated carbocycles. The summed E-state index contributed by atoms with van der Waals surface area (Å²) < 4.78 is 27.7. The summed E-state index contributed by atoms with van der Waals surface area (Å²) in [6.45, 7) is 0.129. The van der Waals surface area contributed by atoms with E-state index >= 15 is 0 Å². The molecule has 94 valence electrons. The number of halogens is 4. The Balaban J connectivity index is 2.16. The van der Waals surface area contributed by atoms with Crippen LogP contribution < -0.4 is 5.32 Å². The first-order valence-corrected chi connectivity index (χ1v) is 6.37. The van der Waals surface area contributed by atoms with Crippen LogP contribution in [0.5, 0.6) is 0 Å². The van der Waals surface area contributed by atoms with E-state index < -0.39 is 11.6 Å². The van der Waals surface area contributed by atoms with Crippen LogP contribution in [-0.2, 0) is 6.54 Å². The second-order valence-corrected chi connectivity index (χ2v) is 5.00. The van der Waals surface area contributed by atoms with Crippen molar-refractivity contribution in [2.75, 3.05) is 5.32 Å². The number of benzene rings is 2. The fourth-order valence-electron chi connectivity index (χ4n) is 1.52. The summed E-state index contributed by atoms with van der Waals surface area (Å²) in [5.41, 5.74) is 0.624. The molecule has 18 heavy (non-hydrogen) atoms. The van der Waals surface area contributed by atoms with Crippen molar-refractivity contribution in [2.45, 2.75) is 6.54 Å². The second kappa shape index (κ2) is 5.67. The first-order valence-electron chi connectivity index (χ1n) is 5.20. The van der Waals surface area contributed by atoms with Crippen molar-refractivity contribution < 1.29 is 8.78 Å². The number of rotatable bonds is 3. The molecule has 0 bridgehead atoms. The van der Waals surface area contributed by atoms with Gasteiger partial charge in [0.1, 0.15) is 11.6 Å². The van der Waals surface area contributed by atoms with Gasteiger partial charge in [0.05, 0.1) is 5.69 Å². The Bertz CT molecular complexity index is 555. The van der Waals surface area contributed by atoms with E-state index in [-0.39, 0.29) is 6.54 Å². The van der Waals surface area contributed by atoms with E-state index in [9.17, 15) is 8.78 Å². The van der Waals surface area contributed by atoms with Crippen molar-refractivity contribution in [3.8, 4) is 0 Å². The van der Waals surface area contributed by atoms with Gasteiger partial charge in [0.15, 0.2) is 0 Å². The number of nitrogens with one attached hydrogen (secondary N) is 1. The zero-order valence-electron chi connectivity index (χ0n) is 9.18. The van der Waals surface area contributed by atoms with Gasteiger partial charge in [-0.15, -0.1) is 0 Å². The highest BCUT2D eigenvalue weighted by atomic mass is 79.9. The molecular weight excluding hydrogens is 324 g/mol. The Hall–Kier alpha value is -1.13. The van der Waals surface area contributed by atoms with Gasteiger partial charge in [-0.3, -0.25) is 0 Å². The predicted octanol–water partition coefficient (Wildman–Crippen LogP) is 4.99. The lowest BCUT2D eigenvalue weighted by atomic mass is 10.2. The Morgan fingerprint density at radius 3 is 2.56 bits per heavy atom. The fraction of sp³-hybridized carbons (Fsp3) is 0.0769. The summed E-state index contributed by atoms with van der Waals surface area (Å²) in [6, 6.07) is 9.07. The second-order valence-electron chi connectivity index (χ2n) is 3.68. The first kappa shape index (κ1) is 13.3. The van der Waals surface area contributed by atoms with Gasteiger partial charge in [0, 0.05) is 21.6 Å². The molecular formula is C13H9BrClF2N. The molecule has 0 aromatic heterocycles. The molecule has 2 aromatic carbocycles. The van der Waals surface area contributed by atoms with E-state index in [1.54, 1.807) is 18.2 Å². The van der Waals surface area contributed by atoms with Crippen molar-refractivity contribution in [3.05, 3.63) is 63.1 Å². The van der Waals surface area contributed by atoms with Gasteiger partial charge in [-0.05, 0) is 30.3 Å². The molecule has 0 aliphatic rings. The lowest BCUT2D eigenvalue weighted by Gasteiger charge is -2.10. The summed E-state index contributed by atoms with van der Waals surface area (Å²) in [4.78, 5) is 0. The molecule has 2 aromatic rings. The Labute approximate surface area is 117 Å². The van der Waals surface area contributed by atoms with Gasteiger partial charge in [-0.25, -0.2) is 8.78 Å². The summed E-state index contributed by atoms with van der Waals surface area (Å²) in [7, 11) is 0. The maximum atomic E-state index is 13.5. The van der Waals surface area contributed by atoms with Crippen molar-refractivity contribution in [3.63, 3.8) is 0 Å². The lowest BCUT2D eigenvalue weighted by molar-refractivity contribution is 0.610.